The fourth-order valence-electron chi connectivity index (χ4n) is 2.75. The Morgan fingerprint density at radius 2 is 2.00 bits per heavy atom. The molecule has 1 nitrogen and oxygen atoms in total. The van der Waals surface area contributed by atoms with Crippen LogP contribution in [-0.4, -0.2) is 12.0 Å². The number of alkyl halides is 3. The number of carbonyl (C=O) groups excluding carboxylic acids is 1. The molecule has 0 bridgehead atoms. The van der Waals surface area contributed by atoms with Crippen molar-refractivity contribution < 1.29 is 18.0 Å². The van der Waals surface area contributed by atoms with E-state index in [0.717, 1.165) is 5.56 Å². The maximum atomic E-state index is 12.4. The smallest absolute Gasteiger partial charge is 0.294 e. The number of Topliss-reactive ketones (excluding diaryl/α,β-unsaturated/α-hetero) is 1. The molecular formula is C15H15F3O. The highest BCUT2D eigenvalue weighted by Crippen LogP contribution is 2.45. The van der Waals surface area contributed by atoms with E-state index < -0.39 is 18.0 Å². The van der Waals surface area contributed by atoms with Gasteiger partial charge in [-0.15, -0.1) is 6.58 Å². The first kappa shape index (κ1) is 13.8. The van der Waals surface area contributed by atoms with Gasteiger partial charge in [-0.05, 0) is 24.8 Å². The first-order chi connectivity index (χ1) is 8.88. The third-order valence-corrected chi connectivity index (χ3v) is 3.69. The van der Waals surface area contributed by atoms with Gasteiger partial charge in [-0.2, -0.15) is 13.2 Å². The van der Waals surface area contributed by atoms with E-state index in [4.69, 9.17) is 0 Å². The minimum Gasteiger partial charge on any atom is -0.294 e. The molecule has 0 amide bonds. The molecule has 2 rings (SSSR count). The zero-order valence-electron chi connectivity index (χ0n) is 10.5. The Labute approximate surface area is 110 Å². The Hall–Kier alpha value is -1.58. The standard InChI is InChI=1S/C15H15F3O/c1-2-7-14(8-9-15(16,17)18)10-11-5-3-4-6-12(11)13(14)19/h2-6H,1,7-10H2/t14-/m0/s1. The zero-order valence-corrected chi connectivity index (χ0v) is 10.5. The van der Waals surface area contributed by atoms with E-state index in [1.807, 2.05) is 6.07 Å². The van der Waals surface area contributed by atoms with Crippen molar-refractivity contribution in [1.29, 1.82) is 0 Å². The van der Waals surface area contributed by atoms with E-state index in [0.29, 0.717) is 12.0 Å². The van der Waals surface area contributed by atoms with Crippen LogP contribution in [0.4, 0.5) is 13.2 Å². The van der Waals surface area contributed by atoms with Crippen molar-refractivity contribution in [3.8, 4) is 0 Å². The van der Waals surface area contributed by atoms with Crippen molar-refractivity contribution in [2.45, 2.75) is 31.9 Å². The molecule has 102 valence electrons. The summed E-state index contributed by atoms with van der Waals surface area (Å²) in [5, 5.41) is 0. The summed E-state index contributed by atoms with van der Waals surface area (Å²) in [6.45, 7) is 3.58. The maximum absolute atomic E-state index is 12.4. The average Bonchev–Trinajstić information content (AvgIpc) is 2.61. The summed E-state index contributed by atoms with van der Waals surface area (Å²) in [5.41, 5.74) is 0.448. The van der Waals surface area contributed by atoms with E-state index in [9.17, 15) is 18.0 Å². The number of hydrogen-bond acceptors (Lipinski definition) is 1. The fraction of sp³-hybridized carbons (Fsp3) is 0.400. The normalized spacial score (nSPS) is 22.4. The van der Waals surface area contributed by atoms with Crippen molar-refractivity contribution in [2.24, 2.45) is 5.41 Å². The monoisotopic (exact) mass is 268 g/mol. The van der Waals surface area contributed by atoms with Gasteiger partial charge in [0, 0.05) is 17.4 Å². The number of halogens is 3. The molecule has 19 heavy (non-hydrogen) atoms. The maximum Gasteiger partial charge on any atom is 0.389 e. The number of benzene rings is 1. The lowest BCUT2D eigenvalue weighted by molar-refractivity contribution is -0.139. The molecule has 1 aliphatic carbocycles. The van der Waals surface area contributed by atoms with Crippen LogP contribution in [0.1, 0.15) is 35.2 Å². The molecule has 0 N–H and O–H groups in total. The van der Waals surface area contributed by atoms with Crippen LogP contribution < -0.4 is 0 Å². The molecule has 1 aromatic rings. The Kier molecular flexibility index (Phi) is 3.52. The van der Waals surface area contributed by atoms with Crippen LogP contribution in [-0.2, 0) is 6.42 Å². The molecule has 0 saturated carbocycles. The van der Waals surface area contributed by atoms with Crippen LogP contribution in [0.2, 0.25) is 0 Å². The third kappa shape index (κ3) is 2.72. The molecule has 0 fully saturated rings. The summed E-state index contributed by atoms with van der Waals surface area (Å²) in [5.74, 6) is -0.174. The van der Waals surface area contributed by atoms with Gasteiger partial charge < -0.3 is 0 Å². The Morgan fingerprint density at radius 3 is 2.58 bits per heavy atom. The Balaban J connectivity index is 2.28. The fourth-order valence-corrected chi connectivity index (χ4v) is 2.75. The van der Waals surface area contributed by atoms with Crippen LogP contribution in [0.5, 0.6) is 0 Å². The molecule has 1 aliphatic rings. The lowest BCUT2D eigenvalue weighted by Crippen LogP contribution is -2.29. The minimum atomic E-state index is -4.23. The van der Waals surface area contributed by atoms with E-state index in [1.165, 1.54) is 0 Å². The lowest BCUT2D eigenvalue weighted by atomic mass is 9.76. The van der Waals surface area contributed by atoms with Crippen LogP contribution in [0.25, 0.3) is 0 Å². The van der Waals surface area contributed by atoms with E-state index in [2.05, 4.69) is 6.58 Å². The van der Waals surface area contributed by atoms with E-state index in [-0.39, 0.29) is 18.6 Å². The van der Waals surface area contributed by atoms with Gasteiger partial charge in [-0.25, -0.2) is 0 Å². The second-order valence-corrected chi connectivity index (χ2v) is 5.05. The summed E-state index contributed by atoms with van der Waals surface area (Å²) in [6.07, 6.45) is -3.12. The number of ketones is 1. The number of carbonyl (C=O) groups is 1. The molecule has 4 heteroatoms. The van der Waals surface area contributed by atoms with Gasteiger partial charge in [0.05, 0.1) is 0 Å². The van der Waals surface area contributed by atoms with Gasteiger partial charge >= 0.3 is 6.18 Å². The molecule has 1 aromatic carbocycles. The minimum absolute atomic E-state index is 0.171. The van der Waals surface area contributed by atoms with Crippen molar-refractivity contribution in [2.75, 3.05) is 0 Å². The van der Waals surface area contributed by atoms with Crippen molar-refractivity contribution in [1.82, 2.24) is 0 Å². The topological polar surface area (TPSA) is 17.1 Å². The molecule has 0 aromatic heterocycles. The summed E-state index contributed by atoms with van der Waals surface area (Å²) < 4.78 is 37.3. The van der Waals surface area contributed by atoms with Gasteiger partial charge in [-0.1, -0.05) is 30.3 Å². The highest BCUT2D eigenvalue weighted by Gasteiger charge is 2.46. The Morgan fingerprint density at radius 1 is 1.32 bits per heavy atom. The molecule has 0 radical (unpaired) electrons. The SMILES string of the molecule is C=CC[C@]1(CCC(F)(F)F)Cc2ccccc2C1=O. The molecule has 0 aliphatic heterocycles. The van der Waals surface area contributed by atoms with Gasteiger partial charge in [-0.3, -0.25) is 4.79 Å². The van der Waals surface area contributed by atoms with Crippen LogP contribution >= 0.6 is 0 Å². The second kappa shape index (κ2) is 4.83. The van der Waals surface area contributed by atoms with Gasteiger partial charge in [0.1, 0.15) is 0 Å². The van der Waals surface area contributed by atoms with Gasteiger partial charge in [0.15, 0.2) is 5.78 Å². The highest BCUT2D eigenvalue weighted by molar-refractivity contribution is 6.05. The van der Waals surface area contributed by atoms with Gasteiger partial charge in [0.2, 0.25) is 0 Å². The number of fused-ring (bicyclic) bond motifs is 1. The highest BCUT2D eigenvalue weighted by atomic mass is 19.4. The predicted octanol–water partition coefficient (Wildman–Crippen LogP) is 4.33. The van der Waals surface area contributed by atoms with E-state index in [1.54, 1.807) is 24.3 Å². The lowest BCUT2D eigenvalue weighted by Gasteiger charge is -2.26. The number of allylic oxidation sites excluding steroid dienone is 1. The van der Waals surface area contributed by atoms with Crippen molar-refractivity contribution in [3.63, 3.8) is 0 Å². The van der Waals surface area contributed by atoms with Crippen LogP contribution in [0.15, 0.2) is 36.9 Å². The molecular weight excluding hydrogens is 253 g/mol. The first-order valence-corrected chi connectivity index (χ1v) is 6.18. The predicted molar refractivity (Wildman–Crippen MR) is 67.0 cm³/mol. The number of rotatable bonds is 4. The second-order valence-electron chi connectivity index (χ2n) is 5.05. The molecule has 1 atom stereocenters. The van der Waals surface area contributed by atoms with Crippen molar-refractivity contribution >= 4 is 5.78 Å². The van der Waals surface area contributed by atoms with E-state index >= 15 is 0 Å². The summed E-state index contributed by atoms with van der Waals surface area (Å²) in [7, 11) is 0. The Bertz CT molecular complexity index is 504. The summed E-state index contributed by atoms with van der Waals surface area (Å²) in [6, 6.07) is 7.05. The van der Waals surface area contributed by atoms with Crippen LogP contribution in [0, 0.1) is 5.41 Å². The molecule has 0 saturated heterocycles. The van der Waals surface area contributed by atoms with Crippen LogP contribution in [0.3, 0.4) is 0 Å². The van der Waals surface area contributed by atoms with Gasteiger partial charge in [0.25, 0.3) is 0 Å². The largest absolute Gasteiger partial charge is 0.389 e. The molecule has 0 spiro atoms. The summed E-state index contributed by atoms with van der Waals surface area (Å²) in [4.78, 5) is 12.4. The quantitative estimate of drug-likeness (QED) is 0.743. The molecule has 0 unspecified atom stereocenters. The third-order valence-electron chi connectivity index (χ3n) is 3.69. The molecule has 0 heterocycles. The summed E-state index contributed by atoms with van der Waals surface area (Å²) >= 11 is 0. The number of hydrogen-bond donors (Lipinski definition) is 0. The van der Waals surface area contributed by atoms with Crippen molar-refractivity contribution in [3.05, 3.63) is 48.0 Å². The average molecular weight is 268 g/mol. The zero-order chi connectivity index (χ0) is 14.1. The first-order valence-electron chi connectivity index (χ1n) is 6.18.